The highest BCUT2D eigenvalue weighted by Crippen LogP contribution is 2.20. The number of aryl methyl sites for hydroxylation is 2. The Morgan fingerprint density at radius 1 is 1.25 bits per heavy atom. The first-order valence-electron chi connectivity index (χ1n) is 10.4. The predicted octanol–water partition coefficient (Wildman–Crippen LogP) is 2.97. The number of hydrogen-bond acceptors (Lipinski definition) is 4. The maximum Gasteiger partial charge on any atom is 0.227 e. The second kappa shape index (κ2) is 9.32. The van der Waals surface area contributed by atoms with Crippen LogP contribution in [0, 0.1) is 13.8 Å². The number of carbonyl (C=O) groups excluding carboxylic acids is 1. The van der Waals surface area contributed by atoms with Gasteiger partial charge in [0.25, 0.3) is 0 Å². The van der Waals surface area contributed by atoms with Crippen LogP contribution in [0.2, 0.25) is 0 Å². The summed E-state index contributed by atoms with van der Waals surface area (Å²) >= 11 is 0. The lowest BCUT2D eigenvalue weighted by Crippen LogP contribution is -2.35. The molecule has 1 atom stereocenters. The summed E-state index contributed by atoms with van der Waals surface area (Å²) in [4.78, 5) is 21.8. The molecule has 28 heavy (non-hydrogen) atoms. The summed E-state index contributed by atoms with van der Waals surface area (Å²) in [5.74, 6) is 0.231. The molecular formula is C22H33N5O. The van der Waals surface area contributed by atoms with Gasteiger partial charge in [0.05, 0.1) is 17.8 Å². The fourth-order valence-electron chi connectivity index (χ4n) is 4.21. The van der Waals surface area contributed by atoms with Crippen LogP contribution in [-0.4, -0.2) is 56.7 Å². The molecule has 0 aliphatic carbocycles. The molecule has 1 aliphatic heterocycles. The molecule has 1 fully saturated rings. The average molecular weight is 384 g/mol. The molecule has 3 rings (SSSR count). The second-order valence-corrected chi connectivity index (χ2v) is 7.84. The van der Waals surface area contributed by atoms with Crippen molar-refractivity contribution in [1.82, 2.24) is 24.6 Å². The summed E-state index contributed by atoms with van der Waals surface area (Å²) in [6, 6.07) is 6.55. The Bertz CT molecular complexity index is 786. The van der Waals surface area contributed by atoms with Crippen LogP contribution < -0.4 is 0 Å². The third-order valence-electron chi connectivity index (χ3n) is 5.97. The second-order valence-electron chi connectivity index (χ2n) is 7.84. The average Bonchev–Trinajstić information content (AvgIpc) is 2.88. The van der Waals surface area contributed by atoms with Crippen LogP contribution >= 0.6 is 0 Å². The number of amides is 1. The van der Waals surface area contributed by atoms with Gasteiger partial charge < -0.3 is 4.90 Å². The standard InChI is InChI=1S/C22H33N5O/c1-5-27-18(3)21(17(2)24-27)15-22(28)26-13-8-10-20(11-14-26)25(4)16-19-9-6-7-12-23-19/h6-7,9,12,20H,5,8,10-11,13-16H2,1-4H3. The van der Waals surface area contributed by atoms with Crippen LogP contribution in [0.25, 0.3) is 0 Å². The summed E-state index contributed by atoms with van der Waals surface area (Å²) in [7, 11) is 2.17. The van der Waals surface area contributed by atoms with Gasteiger partial charge in [-0.1, -0.05) is 6.07 Å². The Labute approximate surface area is 168 Å². The molecule has 1 unspecified atom stereocenters. The van der Waals surface area contributed by atoms with Gasteiger partial charge in [-0.15, -0.1) is 0 Å². The molecule has 0 spiro atoms. The molecule has 1 aliphatic rings. The fraction of sp³-hybridized carbons (Fsp3) is 0.591. The van der Waals surface area contributed by atoms with Gasteiger partial charge in [0, 0.05) is 49.7 Å². The molecule has 1 saturated heterocycles. The third kappa shape index (κ3) is 4.79. The highest BCUT2D eigenvalue weighted by atomic mass is 16.2. The summed E-state index contributed by atoms with van der Waals surface area (Å²) < 4.78 is 1.99. The Balaban J connectivity index is 1.57. The summed E-state index contributed by atoms with van der Waals surface area (Å²) in [6.07, 6.45) is 5.50. The van der Waals surface area contributed by atoms with Gasteiger partial charge in [-0.2, -0.15) is 5.10 Å². The zero-order valence-corrected chi connectivity index (χ0v) is 17.7. The number of carbonyl (C=O) groups is 1. The molecule has 152 valence electrons. The number of nitrogens with zero attached hydrogens (tertiary/aromatic N) is 5. The molecule has 3 heterocycles. The van der Waals surface area contributed by atoms with E-state index in [2.05, 4.69) is 46.8 Å². The Hall–Kier alpha value is -2.21. The molecule has 2 aromatic rings. The first-order chi connectivity index (χ1) is 13.5. The molecule has 6 nitrogen and oxygen atoms in total. The maximum absolute atomic E-state index is 13.0. The first kappa shape index (κ1) is 20.5. The van der Waals surface area contributed by atoms with Crippen LogP contribution in [0.1, 0.15) is 48.8 Å². The van der Waals surface area contributed by atoms with Crippen LogP contribution in [0.4, 0.5) is 0 Å². The molecule has 1 amide bonds. The summed E-state index contributed by atoms with van der Waals surface area (Å²) in [5, 5.41) is 4.55. The molecule has 0 N–H and O–H groups in total. The van der Waals surface area contributed by atoms with Gasteiger partial charge in [-0.3, -0.25) is 19.4 Å². The van der Waals surface area contributed by atoms with Gasteiger partial charge in [0.1, 0.15) is 0 Å². The Kier molecular flexibility index (Phi) is 6.83. The summed E-state index contributed by atoms with van der Waals surface area (Å²) in [6.45, 7) is 9.54. The minimum atomic E-state index is 0.231. The maximum atomic E-state index is 13.0. The minimum Gasteiger partial charge on any atom is -0.342 e. The van der Waals surface area contributed by atoms with Gasteiger partial charge in [0.2, 0.25) is 5.91 Å². The van der Waals surface area contributed by atoms with Crippen LogP contribution in [0.15, 0.2) is 24.4 Å². The van der Waals surface area contributed by atoms with Crippen molar-refractivity contribution < 1.29 is 4.79 Å². The quantitative estimate of drug-likeness (QED) is 0.770. The van der Waals surface area contributed by atoms with E-state index < -0.39 is 0 Å². The number of pyridine rings is 1. The van der Waals surface area contributed by atoms with E-state index in [0.29, 0.717) is 12.5 Å². The molecule has 0 saturated carbocycles. The highest BCUT2D eigenvalue weighted by molar-refractivity contribution is 5.79. The van der Waals surface area contributed by atoms with E-state index in [9.17, 15) is 4.79 Å². The van der Waals surface area contributed by atoms with E-state index >= 15 is 0 Å². The van der Waals surface area contributed by atoms with Gasteiger partial charge in [0.15, 0.2) is 0 Å². The van der Waals surface area contributed by atoms with Crippen molar-refractivity contribution >= 4 is 5.91 Å². The minimum absolute atomic E-state index is 0.231. The van der Waals surface area contributed by atoms with E-state index in [-0.39, 0.29) is 5.91 Å². The van der Waals surface area contributed by atoms with Crippen molar-refractivity contribution in [3.8, 4) is 0 Å². The zero-order chi connectivity index (χ0) is 20.1. The van der Waals surface area contributed by atoms with Gasteiger partial charge in [-0.05, 0) is 59.2 Å². The highest BCUT2D eigenvalue weighted by Gasteiger charge is 2.24. The summed E-state index contributed by atoms with van der Waals surface area (Å²) in [5.41, 5.74) is 4.30. The molecule has 2 aromatic heterocycles. The first-order valence-corrected chi connectivity index (χ1v) is 10.4. The molecule has 0 bridgehead atoms. The SMILES string of the molecule is CCn1nc(C)c(CC(=O)N2CCCC(N(C)Cc3ccccn3)CC2)c1C. The van der Waals surface area contributed by atoms with Crippen molar-refractivity contribution in [3.63, 3.8) is 0 Å². The van der Waals surface area contributed by atoms with E-state index in [1.54, 1.807) is 0 Å². The van der Waals surface area contributed by atoms with E-state index in [0.717, 1.165) is 68.1 Å². The van der Waals surface area contributed by atoms with Crippen molar-refractivity contribution in [2.24, 2.45) is 0 Å². The van der Waals surface area contributed by atoms with Gasteiger partial charge in [-0.25, -0.2) is 0 Å². The third-order valence-corrected chi connectivity index (χ3v) is 5.97. The smallest absolute Gasteiger partial charge is 0.227 e. The van der Waals surface area contributed by atoms with E-state index in [1.165, 1.54) is 0 Å². The molecule has 6 heteroatoms. The number of rotatable bonds is 6. The van der Waals surface area contributed by atoms with Crippen molar-refractivity contribution in [2.45, 2.75) is 65.6 Å². The number of hydrogen-bond donors (Lipinski definition) is 0. The Morgan fingerprint density at radius 2 is 2.07 bits per heavy atom. The lowest BCUT2D eigenvalue weighted by atomic mass is 10.1. The number of aromatic nitrogens is 3. The molecule has 0 radical (unpaired) electrons. The normalized spacial score (nSPS) is 17.8. The largest absolute Gasteiger partial charge is 0.342 e. The van der Waals surface area contributed by atoms with E-state index in [1.807, 2.05) is 29.9 Å². The van der Waals surface area contributed by atoms with E-state index in [4.69, 9.17) is 0 Å². The lowest BCUT2D eigenvalue weighted by Gasteiger charge is -2.27. The topological polar surface area (TPSA) is 54.3 Å². The predicted molar refractivity (Wildman–Crippen MR) is 111 cm³/mol. The molecular weight excluding hydrogens is 350 g/mol. The van der Waals surface area contributed by atoms with Crippen molar-refractivity contribution in [3.05, 3.63) is 47.0 Å². The Morgan fingerprint density at radius 3 is 2.75 bits per heavy atom. The lowest BCUT2D eigenvalue weighted by molar-refractivity contribution is -0.130. The van der Waals surface area contributed by atoms with Crippen LogP contribution in [-0.2, 0) is 24.3 Å². The fourth-order valence-corrected chi connectivity index (χ4v) is 4.21. The van der Waals surface area contributed by atoms with Gasteiger partial charge >= 0.3 is 0 Å². The van der Waals surface area contributed by atoms with Crippen LogP contribution in [0.5, 0.6) is 0 Å². The number of likely N-dealkylation sites (tertiary alicyclic amines) is 1. The zero-order valence-electron chi connectivity index (χ0n) is 17.7. The monoisotopic (exact) mass is 383 g/mol. The van der Waals surface area contributed by atoms with Crippen molar-refractivity contribution in [1.29, 1.82) is 0 Å². The van der Waals surface area contributed by atoms with Crippen LogP contribution in [0.3, 0.4) is 0 Å². The van der Waals surface area contributed by atoms with Crippen molar-refractivity contribution in [2.75, 3.05) is 20.1 Å². The molecule has 0 aromatic carbocycles.